The quantitative estimate of drug-likeness (QED) is 0.355. The minimum atomic E-state index is -4.28. The number of aromatic nitrogens is 5. The summed E-state index contributed by atoms with van der Waals surface area (Å²) in [7, 11) is 1.94. The molecule has 1 aliphatic heterocycles. The van der Waals surface area contributed by atoms with Crippen LogP contribution < -0.4 is 0 Å². The summed E-state index contributed by atoms with van der Waals surface area (Å²) >= 11 is 1.67. The summed E-state index contributed by atoms with van der Waals surface area (Å²) in [6, 6.07) is 5.78. The number of thioether (sulfide) groups is 1. The van der Waals surface area contributed by atoms with Gasteiger partial charge in [0.2, 0.25) is 0 Å². The van der Waals surface area contributed by atoms with Crippen molar-refractivity contribution in [3.8, 4) is 11.4 Å². The van der Waals surface area contributed by atoms with Gasteiger partial charge in [0.25, 0.3) is 0 Å². The maximum Gasteiger partial charge on any atom is 0.416 e. The van der Waals surface area contributed by atoms with E-state index in [4.69, 9.17) is 0 Å². The number of hydrogen-bond donors (Lipinski definition) is 0. The van der Waals surface area contributed by atoms with E-state index in [0.29, 0.717) is 5.92 Å². The predicted octanol–water partition coefficient (Wildman–Crippen LogP) is 4.47. The summed E-state index contributed by atoms with van der Waals surface area (Å²) in [5, 5.41) is 9.39. The predicted molar refractivity (Wildman–Crippen MR) is 122 cm³/mol. The fourth-order valence-electron chi connectivity index (χ4n) is 4.75. The van der Waals surface area contributed by atoms with Crippen LogP contribution in [0.3, 0.4) is 0 Å². The van der Waals surface area contributed by atoms with E-state index in [1.54, 1.807) is 36.3 Å². The van der Waals surface area contributed by atoms with Crippen LogP contribution in [0.25, 0.3) is 11.4 Å². The molecule has 2 aromatic heterocycles. The van der Waals surface area contributed by atoms with Gasteiger partial charge in [0, 0.05) is 43.7 Å². The molecular weight excluding hydrogens is 473 g/mol. The molecule has 0 amide bonds. The standard InChI is InChI=1S/C22H23F3N6S.ClH/c1-30-19(15-10-26-14-27-11-15)28-29-20(30)32-8-2-7-31-12-18-9-21(18,13-31)16-3-5-17(6-4-16)22(23,24)25;/h3-6,10-11,14,18H,2,7-9,12-13H2,1H3;1H/t18-,21+;/m0./s1. The second-order valence-electron chi connectivity index (χ2n) is 8.56. The number of hydrogen-bond acceptors (Lipinski definition) is 6. The Morgan fingerprint density at radius 3 is 2.55 bits per heavy atom. The van der Waals surface area contributed by atoms with Crippen molar-refractivity contribution in [1.29, 1.82) is 0 Å². The fourth-order valence-corrected chi connectivity index (χ4v) is 5.59. The van der Waals surface area contributed by atoms with Crippen LogP contribution in [0.1, 0.15) is 24.0 Å². The number of likely N-dealkylation sites (tertiary alicyclic amines) is 1. The Hall–Kier alpha value is -2.17. The lowest BCUT2D eigenvalue weighted by Gasteiger charge is -2.21. The summed E-state index contributed by atoms with van der Waals surface area (Å²) < 4.78 is 40.5. The van der Waals surface area contributed by atoms with Crippen molar-refractivity contribution >= 4 is 24.2 Å². The number of rotatable bonds is 7. The fraction of sp³-hybridized carbons (Fsp3) is 0.455. The van der Waals surface area contributed by atoms with Gasteiger partial charge >= 0.3 is 6.18 Å². The third-order valence-electron chi connectivity index (χ3n) is 6.51. The number of piperidine rings is 1. The molecule has 33 heavy (non-hydrogen) atoms. The lowest BCUT2D eigenvalue weighted by Crippen LogP contribution is -2.28. The van der Waals surface area contributed by atoms with Gasteiger partial charge in [-0.3, -0.25) is 0 Å². The van der Waals surface area contributed by atoms with Crippen LogP contribution in [0.4, 0.5) is 13.2 Å². The largest absolute Gasteiger partial charge is 0.416 e. The van der Waals surface area contributed by atoms with Gasteiger partial charge < -0.3 is 9.47 Å². The van der Waals surface area contributed by atoms with E-state index < -0.39 is 11.7 Å². The molecule has 2 fully saturated rings. The normalized spacial score (nSPS) is 22.1. The smallest absolute Gasteiger partial charge is 0.305 e. The Kier molecular flexibility index (Phi) is 6.70. The van der Waals surface area contributed by atoms with Gasteiger partial charge in [0.1, 0.15) is 6.33 Å². The van der Waals surface area contributed by atoms with Crippen LogP contribution in [-0.2, 0) is 18.6 Å². The zero-order valence-electron chi connectivity index (χ0n) is 18.0. The van der Waals surface area contributed by atoms with E-state index in [1.807, 2.05) is 11.6 Å². The van der Waals surface area contributed by atoms with Crippen LogP contribution in [0.2, 0.25) is 0 Å². The summed E-state index contributed by atoms with van der Waals surface area (Å²) in [5.74, 6) is 2.22. The lowest BCUT2D eigenvalue weighted by molar-refractivity contribution is -0.137. The monoisotopic (exact) mass is 496 g/mol. The van der Waals surface area contributed by atoms with Crippen molar-refractivity contribution in [2.75, 3.05) is 25.4 Å². The summed E-state index contributed by atoms with van der Waals surface area (Å²) in [4.78, 5) is 10.5. The molecule has 0 unspecified atom stereocenters. The Morgan fingerprint density at radius 1 is 1.12 bits per heavy atom. The van der Waals surface area contributed by atoms with Gasteiger partial charge in [0.05, 0.1) is 11.1 Å². The van der Waals surface area contributed by atoms with Crippen LogP contribution >= 0.6 is 24.2 Å². The van der Waals surface area contributed by atoms with E-state index in [1.165, 1.54) is 18.5 Å². The van der Waals surface area contributed by atoms with Crippen molar-refractivity contribution in [3.05, 3.63) is 54.1 Å². The molecule has 0 radical (unpaired) electrons. The minimum absolute atomic E-state index is 0. The number of benzene rings is 1. The Bertz CT molecular complexity index is 1090. The van der Waals surface area contributed by atoms with Crippen LogP contribution in [0.15, 0.2) is 48.1 Å². The SMILES string of the molecule is Cl.Cn1c(SCCCN2C[C@@H]3C[C@]3(c3ccc(C(F)(F)F)cc3)C2)nnc1-c1cncnc1. The zero-order chi connectivity index (χ0) is 22.3. The van der Waals surface area contributed by atoms with E-state index in [-0.39, 0.29) is 17.8 Å². The van der Waals surface area contributed by atoms with Gasteiger partial charge in [-0.2, -0.15) is 13.2 Å². The van der Waals surface area contributed by atoms with Crippen molar-refractivity contribution in [3.63, 3.8) is 0 Å². The summed E-state index contributed by atoms with van der Waals surface area (Å²) in [5.41, 5.74) is 1.35. The first-order valence-corrected chi connectivity index (χ1v) is 11.5. The summed E-state index contributed by atoms with van der Waals surface area (Å²) in [6.45, 7) is 2.92. The first-order valence-electron chi connectivity index (χ1n) is 10.5. The Labute approximate surface area is 200 Å². The molecule has 2 atom stereocenters. The minimum Gasteiger partial charge on any atom is -0.305 e. The third kappa shape index (κ3) is 4.74. The maximum atomic E-state index is 12.8. The van der Waals surface area contributed by atoms with Gasteiger partial charge in [-0.1, -0.05) is 23.9 Å². The third-order valence-corrected chi connectivity index (χ3v) is 7.61. The average Bonchev–Trinajstić information content (AvgIpc) is 3.16. The second-order valence-corrected chi connectivity index (χ2v) is 9.62. The molecule has 3 heterocycles. The van der Waals surface area contributed by atoms with Gasteiger partial charge in [-0.15, -0.1) is 22.6 Å². The molecule has 0 bridgehead atoms. The second kappa shape index (κ2) is 9.23. The van der Waals surface area contributed by atoms with Crippen LogP contribution in [-0.4, -0.2) is 55.0 Å². The van der Waals surface area contributed by atoms with Crippen molar-refractivity contribution in [1.82, 2.24) is 29.6 Å². The molecule has 1 saturated carbocycles. The highest BCUT2D eigenvalue weighted by Crippen LogP contribution is 2.59. The Balaban J connectivity index is 0.00000259. The van der Waals surface area contributed by atoms with Gasteiger partial charge in [-0.05, 0) is 43.0 Å². The topological polar surface area (TPSA) is 59.7 Å². The highest BCUT2D eigenvalue weighted by Gasteiger charge is 2.60. The van der Waals surface area contributed by atoms with Crippen molar-refractivity contribution < 1.29 is 13.2 Å². The van der Waals surface area contributed by atoms with E-state index in [0.717, 1.165) is 60.3 Å². The molecule has 2 aliphatic rings. The summed E-state index contributed by atoms with van der Waals surface area (Å²) in [6.07, 6.45) is 2.73. The molecule has 0 N–H and O–H groups in total. The van der Waals surface area contributed by atoms with E-state index >= 15 is 0 Å². The van der Waals surface area contributed by atoms with E-state index in [2.05, 4.69) is 25.1 Å². The molecule has 11 heteroatoms. The highest BCUT2D eigenvalue weighted by molar-refractivity contribution is 7.99. The molecule has 1 saturated heterocycles. The van der Waals surface area contributed by atoms with Crippen LogP contribution in [0.5, 0.6) is 0 Å². The van der Waals surface area contributed by atoms with Crippen molar-refractivity contribution in [2.45, 2.75) is 29.6 Å². The molecule has 0 spiro atoms. The molecule has 176 valence electrons. The van der Waals surface area contributed by atoms with E-state index in [9.17, 15) is 13.2 Å². The first kappa shape index (κ1) is 24.0. The van der Waals surface area contributed by atoms with Gasteiger partial charge in [-0.25, -0.2) is 9.97 Å². The zero-order valence-corrected chi connectivity index (χ0v) is 19.6. The first-order chi connectivity index (χ1) is 15.4. The van der Waals surface area contributed by atoms with Crippen LogP contribution in [0, 0.1) is 5.92 Å². The van der Waals surface area contributed by atoms with Crippen molar-refractivity contribution in [2.24, 2.45) is 13.0 Å². The Morgan fingerprint density at radius 2 is 1.85 bits per heavy atom. The molecule has 3 aromatic rings. The molecule has 1 aliphatic carbocycles. The number of alkyl halides is 3. The molecule has 1 aromatic carbocycles. The maximum absolute atomic E-state index is 12.8. The highest BCUT2D eigenvalue weighted by atomic mass is 35.5. The number of nitrogens with zero attached hydrogens (tertiary/aromatic N) is 6. The average molecular weight is 497 g/mol. The molecule has 5 rings (SSSR count). The molecule has 6 nitrogen and oxygen atoms in total. The lowest BCUT2D eigenvalue weighted by atomic mass is 9.94. The molecular formula is C22H24ClF3N6S. The van der Waals surface area contributed by atoms with Gasteiger partial charge in [0.15, 0.2) is 11.0 Å². The number of halogens is 4. The number of fused-ring (bicyclic) bond motifs is 1.